The molecule has 1 heterocycles. The van der Waals surface area contributed by atoms with E-state index < -0.39 is 5.95 Å². The van der Waals surface area contributed by atoms with Gasteiger partial charge in [-0.25, -0.2) is 4.98 Å². The van der Waals surface area contributed by atoms with Gasteiger partial charge in [0.1, 0.15) is 7.85 Å². The standard InChI is InChI=1S/C5H2BClFN/c6-3-1-5(8)9-2-4(3)7/h1-2H. The summed E-state index contributed by atoms with van der Waals surface area (Å²) in [7, 11) is 5.21. The Labute approximate surface area is 58.3 Å². The molecule has 0 bridgehead atoms. The highest BCUT2D eigenvalue weighted by molar-refractivity contribution is 6.44. The van der Waals surface area contributed by atoms with Crippen LogP contribution >= 0.6 is 11.6 Å². The van der Waals surface area contributed by atoms with E-state index >= 15 is 0 Å². The number of hydrogen-bond acceptors (Lipinski definition) is 1. The van der Waals surface area contributed by atoms with Gasteiger partial charge in [-0.2, -0.15) is 4.39 Å². The maximum Gasteiger partial charge on any atom is 0.212 e. The topological polar surface area (TPSA) is 12.9 Å². The first-order valence-corrected chi connectivity index (χ1v) is 2.64. The monoisotopic (exact) mass is 141 g/mol. The van der Waals surface area contributed by atoms with Crippen LogP contribution in [0.5, 0.6) is 0 Å². The number of halogens is 2. The Morgan fingerprint density at radius 2 is 2.33 bits per heavy atom. The van der Waals surface area contributed by atoms with Gasteiger partial charge in [0.2, 0.25) is 5.95 Å². The minimum Gasteiger partial charge on any atom is -0.227 e. The van der Waals surface area contributed by atoms with E-state index in [1.807, 2.05) is 0 Å². The summed E-state index contributed by atoms with van der Waals surface area (Å²) in [6, 6.07) is 1.07. The van der Waals surface area contributed by atoms with Crippen LogP contribution in [0.4, 0.5) is 4.39 Å². The summed E-state index contributed by atoms with van der Waals surface area (Å²) in [5, 5.41) is 0.274. The van der Waals surface area contributed by atoms with Gasteiger partial charge in [0, 0.05) is 6.20 Å². The summed E-state index contributed by atoms with van der Waals surface area (Å²) in [6.07, 6.45) is 1.17. The normalized spacial score (nSPS) is 9.56. The van der Waals surface area contributed by atoms with Gasteiger partial charge in [-0.05, 0) is 6.07 Å². The first kappa shape index (κ1) is 6.55. The Kier molecular flexibility index (Phi) is 1.71. The lowest BCUT2D eigenvalue weighted by Crippen LogP contribution is -2.05. The Hall–Kier alpha value is -0.565. The quantitative estimate of drug-likeness (QED) is 0.382. The Morgan fingerprint density at radius 3 is 2.78 bits per heavy atom. The van der Waals surface area contributed by atoms with E-state index in [0.717, 1.165) is 6.07 Å². The summed E-state index contributed by atoms with van der Waals surface area (Å²) in [5.41, 5.74) is 0.212. The van der Waals surface area contributed by atoms with Gasteiger partial charge < -0.3 is 0 Å². The Bertz CT molecular complexity index is 228. The fourth-order valence-corrected chi connectivity index (χ4v) is 0.531. The van der Waals surface area contributed by atoms with E-state index in [1.165, 1.54) is 6.20 Å². The first-order valence-electron chi connectivity index (χ1n) is 2.26. The maximum atomic E-state index is 12.1. The van der Waals surface area contributed by atoms with Crippen LogP contribution in [0.2, 0.25) is 5.02 Å². The molecule has 44 valence electrons. The van der Waals surface area contributed by atoms with Crippen molar-refractivity contribution in [2.45, 2.75) is 0 Å². The van der Waals surface area contributed by atoms with Gasteiger partial charge in [-0.1, -0.05) is 17.1 Å². The lowest BCUT2D eigenvalue weighted by Gasteiger charge is -1.93. The van der Waals surface area contributed by atoms with Gasteiger partial charge in [-0.15, -0.1) is 0 Å². The summed E-state index contributed by atoms with van der Waals surface area (Å²) < 4.78 is 12.1. The molecule has 0 aliphatic heterocycles. The van der Waals surface area contributed by atoms with Gasteiger partial charge in [0.25, 0.3) is 0 Å². The highest BCUT2D eigenvalue weighted by Gasteiger charge is 1.94. The number of pyridine rings is 1. The van der Waals surface area contributed by atoms with Crippen molar-refractivity contribution in [2.24, 2.45) is 0 Å². The summed E-state index contributed by atoms with van der Waals surface area (Å²) in [6.45, 7) is 0. The SMILES string of the molecule is [B]c1cc(F)ncc1Cl. The molecule has 9 heavy (non-hydrogen) atoms. The number of hydrogen-bond donors (Lipinski definition) is 0. The first-order chi connectivity index (χ1) is 4.20. The van der Waals surface area contributed by atoms with Gasteiger partial charge in [0.05, 0.1) is 5.02 Å². The molecule has 0 aliphatic carbocycles. The van der Waals surface area contributed by atoms with Crippen LogP contribution in [-0.2, 0) is 0 Å². The largest absolute Gasteiger partial charge is 0.227 e. The molecule has 0 amide bonds. The number of aromatic nitrogens is 1. The van der Waals surface area contributed by atoms with Gasteiger partial charge >= 0.3 is 0 Å². The van der Waals surface area contributed by atoms with Crippen LogP contribution in [0, 0.1) is 5.95 Å². The lowest BCUT2D eigenvalue weighted by molar-refractivity contribution is 0.585. The Morgan fingerprint density at radius 1 is 1.67 bits per heavy atom. The van der Waals surface area contributed by atoms with Crippen LogP contribution in [0.1, 0.15) is 0 Å². The molecule has 0 fully saturated rings. The Balaban J connectivity index is 3.17. The molecule has 0 N–H and O–H groups in total. The molecule has 0 spiro atoms. The smallest absolute Gasteiger partial charge is 0.212 e. The van der Waals surface area contributed by atoms with Crippen LogP contribution < -0.4 is 5.46 Å². The van der Waals surface area contributed by atoms with Crippen molar-refractivity contribution in [3.63, 3.8) is 0 Å². The van der Waals surface area contributed by atoms with Crippen LogP contribution in [-0.4, -0.2) is 12.8 Å². The molecule has 1 nitrogen and oxygen atoms in total. The average Bonchev–Trinajstić information content (AvgIpc) is 1.80. The van der Waals surface area contributed by atoms with E-state index in [0.29, 0.717) is 0 Å². The van der Waals surface area contributed by atoms with E-state index in [4.69, 9.17) is 19.4 Å². The van der Waals surface area contributed by atoms with Gasteiger partial charge in [0.15, 0.2) is 0 Å². The van der Waals surface area contributed by atoms with Crippen molar-refractivity contribution in [3.8, 4) is 0 Å². The third kappa shape index (κ3) is 1.42. The van der Waals surface area contributed by atoms with E-state index in [9.17, 15) is 4.39 Å². The summed E-state index contributed by atoms with van der Waals surface area (Å²) >= 11 is 5.43. The fraction of sp³-hybridized carbons (Fsp3) is 0. The van der Waals surface area contributed by atoms with E-state index in [1.54, 1.807) is 0 Å². The zero-order valence-electron chi connectivity index (χ0n) is 4.44. The average molecular weight is 141 g/mol. The predicted molar refractivity (Wildman–Crippen MR) is 34.6 cm³/mol. The van der Waals surface area contributed by atoms with Gasteiger partial charge in [-0.3, -0.25) is 0 Å². The van der Waals surface area contributed by atoms with E-state index in [-0.39, 0.29) is 10.5 Å². The number of nitrogens with zero attached hydrogens (tertiary/aromatic N) is 1. The zero-order chi connectivity index (χ0) is 6.85. The highest BCUT2D eigenvalue weighted by atomic mass is 35.5. The molecule has 0 atom stereocenters. The molecular weight excluding hydrogens is 139 g/mol. The van der Waals surface area contributed by atoms with Crippen molar-refractivity contribution >= 4 is 24.9 Å². The third-order valence-electron chi connectivity index (χ3n) is 0.852. The molecule has 4 heteroatoms. The fourth-order valence-electron chi connectivity index (χ4n) is 0.427. The molecule has 0 saturated heterocycles. The third-order valence-corrected chi connectivity index (χ3v) is 1.17. The molecule has 0 unspecified atom stereocenters. The van der Waals surface area contributed by atoms with Crippen LogP contribution in [0.25, 0.3) is 0 Å². The maximum absolute atomic E-state index is 12.1. The lowest BCUT2D eigenvalue weighted by atomic mass is 9.98. The molecule has 1 rings (SSSR count). The van der Waals surface area contributed by atoms with Crippen molar-refractivity contribution < 1.29 is 4.39 Å². The van der Waals surface area contributed by atoms with Crippen molar-refractivity contribution in [1.82, 2.24) is 4.98 Å². The minimum absolute atomic E-state index is 0.212. The van der Waals surface area contributed by atoms with Crippen molar-refractivity contribution in [1.29, 1.82) is 0 Å². The van der Waals surface area contributed by atoms with Crippen LogP contribution in [0.3, 0.4) is 0 Å². The second kappa shape index (κ2) is 2.35. The molecule has 1 aromatic heterocycles. The molecule has 0 aliphatic rings. The van der Waals surface area contributed by atoms with Crippen molar-refractivity contribution in [3.05, 3.63) is 23.2 Å². The molecule has 0 saturated carbocycles. The molecule has 0 aromatic carbocycles. The van der Waals surface area contributed by atoms with E-state index in [2.05, 4.69) is 4.98 Å². The summed E-state index contributed by atoms with van der Waals surface area (Å²) in [5.74, 6) is -0.614. The van der Waals surface area contributed by atoms with Crippen molar-refractivity contribution in [2.75, 3.05) is 0 Å². The van der Waals surface area contributed by atoms with Crippen LogP contribution in [0.15, 0.2) is 12.3 Å². The molecule has 1 aromatic rings. The number of rotatable bonds is 0. The second-order valence-electron chi connectivity index (χ2n) is 1.53. The second-order valence-corrected chi connectivity index (χ2v) is 1.94. The zero-order valence-corrected chi connectivity index (χ0v) is 5.19. The predicted octanol–water partition coefficient (Wildman–Crippen LogP) is 0.668. The highest BCUT2D eigenvalue weighted by Crippen LogP contribution is 2.00. The minimum atomic E-state index is -0.614. The molecule has 2 radical (unpaired) electrons. The summed E-state index contributed by atoms with van der Waals surface area (Å²) in [4.78, 5) is 3.26. The molecular formula is C5H2BClFN.